The lowest BCUT2D eigenvalue weighted by Crippen LogP contribution is -2.29. The van der Waals surface area contributed by atoms with Gasteiger partial charge in [-0.1, -0.05) is 18.2 Å². The average molecular weight is 289 g/mol. The maximum absolute atomic E-state index is 12.7. The second kappa shape index (κ2) is 5.80. The summed E-state index contributed by atoms with van der Waals surface area (Å²) in [6.45, 7) is 1.65. The van der Waals surface area contributed by atoms with Crippen molar-refractivity contribution >= 4 is 28.4 Å². The van der Waals surface area contributed by atoms with E-state index < -0.39 is 0 Å². The first kappa shape index (κ1) is 13.4. The fraction of sp³-hybridized carbons (Fsp3) is 0.375. The van der Waals surface area contributed by atoms with Crippen LogP contribution in [0.4, 0.5) is 0 Å². The fourth-order valence-electron chi connectivity index (χ4n) is 2.86. The molecule has 2 aromatic rings. The number of amides is 1. The Morgan fingerprint density at radius 2 is 2.20 bits per heavy atom. The zero-order valence-corrected chi connectivity index (χ0v) is 12.0. The summed E-state index contributed by atoms with van der Waals surface area (Å²) in [5.74, 6) is 1.33. The molecule has 3 rings (SSSR count). The van der Waals surface area contributed by atoms with E-state index in [1.807, 2.05) is 35.2 Å². The van der Waals surface area contributed by atoms with Gasteiger partial charge in [-0.3, -0.25) is 9.78 Å². The van der Waals surface area contributed by atoms with Crippen molar-refractivity contribution in [3.63, 3.8) is 0 Å². The van der Waals surface area contributed by atoms with Crippen LogP contribution in [-0.4, -0.2) is 34.8 Å². The summed E-state index contributed by atoms with van der Waals surface area (Å²) in [5.41, 5.74) is 1.62. The highest BCUT2D eigenvalue weighted by Crippen LogP contribution is 2.24. The SMILES string of the molecule is O=C(c1ccnc2ccccc12)N1CCC(CCCl)C1. The molecule has 0 N–H and O–H groups in total. The summed E-state index contributed by atoms with van der Waals surface area (Å²) in [6.07, 6.45) is 3.76. The van der Waals surface area contributed by atoms with Crippen molar-refractivity contribution in [1.82, 2.24) is 9.88 Å². The molecule has 0 saturated carbocycles. The number of benzene rings is 1. The molecule has 1 fully saturated rings. The van der Waals surface area contributed by atoms with Crippen LogP contribution in [0.25, 0.3) is 10.9 Å². The number of halogens is 1. The van der Waals surface area contributed by atoms with Gasteiger partial charge in [-0.05, 0) is 30.9 Å². The molecule has 104 valence electrons. The van der Waals surface area contributed by atoms with Crippen LogP contribution in [0.2, 0.25) is 0 Å². The highest BCUT2D eigenvalue weighted by molar-refractivity contribution is 6.17. The van der Waals surface area contributed by atoms with Crippen molar-refractivity contribution in [3.8, 4) is 0 Å². The fourth-order valence-corrected chi connectivity index (χ4v) is 3.17. The van der Waals surface area contributed by atoms with Crippen LogP contribution in [0.5, 0.6) is 0 Å². The maximum Gasteiger partial charge on any atom is 0.254 e. The van der Waals surface area contributed by atoms with E-state index in [1.165, 1.54) is 0 Å². The molecular weight excluding hydrogens is 272 g/mol. The zero-order chi connectivity index (χ0) is 13.9. The van der Waals surface area contributed by atoms with Crippen LogP contribution in [0.1, 0.15) is 23.2 Å². The molecule has 1 aliphatic heterocycles. The topological polar surface area (TPSA) is 33.2 Å². The van der Waals surface area contributed by atoms with E-state index in [2.05, 4.69) is 4.98 Å². The quantitative estimate of drug-likeness (QED) is 0.812. The molecule has 0 aliphatic carbocycles. The summed E-state index contributed by atoms with van der Waals surface area (Å²) in [5, 5.41) is 0.931. The Labute approximate surface area is 123 Å². The van der Waals surface area contributed by atoms with Gasteiger partial charge in [0.1, 0.15) is 0 Å². The largest absolute Gasteiger partial charge is 0.338 e. The van der Waals surface area contributed by atoms with E-state index in [4.69, 9.17) is 11.6 Å². The van der Waals surface area contributed by atoms with Gasteiger partial charge in [-0.25, -0.2) is 0 Å². The van der Waals surface area contributed by atoms with Crippen LogP contribution < -0.4 is 0 Å². The van der Waals surface area contributed by atoms with Crippen molar-refractivity contribution in [2.24, 2.45) is 5.92 Å². The number of hydrogen-bond donors (Lipinski definition) is 0. The van der Waals surface area contributed by atoms with Crippen LogP contribution in [0.3, 0.4) is 0 Å². The number of carbonyl (C=O) groups is 1. The van der Waals surface area contributed by atoms with E-state index in [0.717, 1.165) is 42.4 Å². The third kappa shape index (κ3) is 2.50. The van der Waals surface area contributed by atoms with E-state index in [1.54, 1.807) is 6.20 Å². The molecule has 20 heavy (non-hydrogen) atoms. The predicted molar refractivity (Wildman–Crippen MR) is 81.1 cm³/mol. The highest BCUT2D eigenvalue weighted by atomic mass is 35.5. The monoisotopic (exact) mass is 288 g/mol. The number of hydrogen-bond acceptors (Lipinski definition) is 2. The van der Waals surface area contributed by atoms with Crippen LogP contribution >= 0.6 is 11.6 Å². The Morgan fingerprint density at radius 3 is 3.05 bits per heavy atom. The second-order valence-electron chi connectivity index (χ2n) is 5.26. The minimum atomic E-state index is 0.112. The highest BCUT2D eigenvalue weighted by Gasteiger charge is 2.27. The zero-order valence-electron chi connectivity index (χ0n) is 11.3. The van der Waals surface area contributed by atoms with Crippen molar-refractivity contribution in [3.05, 3.63) is 42.1 Å². The van der Waals surface area contributed by atoms with Crippen LogP contribution in [-0.2, 0) is 0 Å². The summed E-state index contributed by atoms with van der Waals surface area (Å²) in [6, 6.07) is 9.60. The van der Waals surface area contributed by atoms with Gasteiger partial charge in [0.15, 0.2) is 0 Å². The Bertz CT molecular complexity index is 623. The van der Waals surface area contributed by atoms with Gasteiger partial charge in [0.05, 0.1) is 11.1 Å². The third-order valence-corrected chi connectivity index (χ3v) is 4.19. The molecule has 1 aromatic carbocycles. The van der Waals surface area contributed by atoms with E-state index >= 15 is 0 Å². The summed E-state index contributed by atoms with van der Waals surface area (Å²) in [4.78, 5) is 18.9. The molecule has 1 saturated heterocycles. The number of likely N-dealkylation sites (tertiary alicyclic amines) is 1. The van der Waals surface area contributed by atoms with Gasteiger partial charge < -0.3 is 4.90 Å². The second-order valence-corrected chi connectivity index (χ2v) is 5.64. The van der Waals surface area contributed by atoms with Crippen molar-refractivity contribution < 1.29 is 4.79 Å². The molecule has 0 bridgehead atoms. The number of fused-ring (bicyclic) bond motifs is 1. The van der Waals surface area contributed by atoms with Gasteiger partial charge >= 0.3 is 0 Å². The van der Waals surface area contributed by atoms with Crippen LogP contribution in [0.15, 0.2) is 36.5 Å². The molecule has 1 aliphatic rings. The van der Waals surface area contributed by atoms with Gasteiger partial charge in [0.25, 0.3) is 5.91 Å². The van der Waals surface area contributed by atoms with E-state index in [0.29, 0.717) is 11.8 Å². The van der Waals surface area contributed by atoms with Gasteiger partial charge in [0.2, 0.25) is 0 Å². The Balaban J connectivity index is 1.86. The molecule has 1 unspecified atom stereocenters. The molecular formula is C16H17ClN2O. The Kier molecular flexibility index (Phi) is 3.88. The summed E-state index contributed by atoms with van der Waals surface area (Å²) < 4.78 is 0. The van der Waals surface area contributed by atoms with Crippen molar-refractivity contribution in [2.75, 3.05) is 19.0 Å². The molecule has 3 nitrogen and oxygen atoms in total. The van der Waals surface area contributed by atoms with Gasteiger partial charge in [-0.2, -0.15) is 0 Å². The Hall–Kier alpha value is -1.61. The molecule has 4 heteroatoms. The minimum Gasteiger partial charge on any atom is -0.338 e. The number of rotatable bonds is 3. The lowest BCUT2D eigenvalue weighted by molar-refractivity contribution is 0.0789. The average Bonchev–Trinajstić information content (AvgIpc) is 2.95. The number of para-hydroxylation sites is 1. The first-order chi connectivity index (χ1) is 9.79. The third-order valence-electron chi connectivity index (χ3n) is 3.97. The number of aromatic nitrogens is 1. The standard InChI is InChI=1S/C16H17ClN2O/c17-8-5-12-7-10-19(11-12)16(20)14-6-9-18-15-4-2-1-3-13(14)15/h1-4,6,9,12H,5,7-8,10-11H2. The normalized spacial score (nSPS) is 18.6. The molecule has 0 radical (unpaired) electrons. The molecule has 1 atom stereocenters. The smallest absolute Gasteiger partial charge is 0.254 e. The van der Waals surface area contributed by atoms with Gasteiger partial charge in [-0.15, -0.1) is 11.6 Å². The summed E-state index contributed by atoms with van der Waals surface area (Å²) in [7, 11) is 0. The first-order valence-electron chi connectivity index (χ1n) is 6.98. The molecule has 1 amide bonds. The van der Waals surface area contributed by atoms with Crippen molar-refractivity contribution in [2.45, 2.75) is 12.8 Å². The van der Waals surface area contributed by atoms with Crippen molar-refractivity contribution in [1.29, 1.82) is 0 Å². The first-order valence-corrected chi connectivity index (χ1v) is 7.52. The number of nitrogens with zero attached hydrogens (tertiary/aromatic N) is 2. The number of pyridine rings is 1. The van der Waals surface area contributed by atoms with E-state index in [9.17, 15) is 4.79 Å². The van der Waals surface area contributed by atoms with Gasteiger partial charge in [0, 0.05) is 30.6 Å². The minimum absolute atomic E-state index is 0.112. The van der Waals surface area contributed by atoms with E-state index in [-0.39, 0.29) is 5.91 Å². The lowest BCUT2D eigenvalue weighted by Gasteiger charge is -2.17. The molecule has 1 aromatic heterocycles. The summed E-state index contributed by atoms with van der Waals surface area (Å²) >= 11 is 5.79. The maximum atomic E-state index is 12.7. The lowest BCUT2D eigenvalue weighted by atomic mass is 10.1. The predicted octanol–water partition coefficient (Wildman–Crippen LogP) is 3.33. The number of alkyl halides is 1. The number of carbonyl (C=O) groups excluding carboxylic acids is 1. The Morgan fingerprint density at radius 1 is 1.35 bits per heavy atom. The molecule has 0 spiro atoms. The van der Waals surface area contributed by atoms with Crippen LogP contribution in [0, 0.1) is 5.92 Å². The molecule has 2 heterocycles.